The lowest BCUT2D eigenvalue weighted by Crippen LogP contribution is -2.09. The number of rotatable bonds is 2. The Morgan fingerprint density at radius 1 is 1.50 bits per heavy atom. The van der Waals surface area contributed by atoms with Crippen molar-refractivity contribution in [3.05, 3.63) is 29.3 Å². The first kappa shape index (κ1) is 8.94. The first-order valence-corrected chi connectivity index (χ1v) is 4.42. The van der Waals surface area contributed by atoms with E-state index < -0.39 is 5.92 Å². The van der Waals surface area contributed by atoms with Crippen LogP contribution in [0.15, 0.2) is 18.2 Å². The first-order valence-electron chi connectivity index (χ1n) is 4.42. The maximum atomic E-state index is 11.6. The maximum absolute atomic E-state index is 11.6. The summed E-state index contributed by atoms with van der Waals surface area (Å²) in [5, 5.41) is 0. The number of carbonyl (C=O) groups is 2. The van der Waals surface area contributed by atoms with Crippen LogP contribution in [0.4, 0.5) is 0 Å². The second-order valence-corrected chi connectivity index (χ2v) is 3.33. The number of fused-ring (bicyclic) bond motifs is 1. The van der Waals surface area contributed by atoms with Crippen LogP contribution in [0.5, 0.6) is 5.75 Å². The molecule has 0 radical (unpaired) electrons. The fraction of sp³-hybridized carbons (Fsp3) is 0.273. The summed E-state index contributed by atoms with van der Waals surface area (Å²) < 4.78 is 5.04. The van der Waals surface area contributed by atoms with Crippen molar-refractivity contribution in [2.45, 2.75) is 6.42 Å². The molecule has 1 aliphatic carbocycles. The van der Waals surface area contributed by atoms with Gasteiger partial charge in [0.2, 0.25) is 0 Å². The molecule has 1 atom stereocenters. The van der Waals surface area contributed by atoms with Crippen LogP contribution in [-0.4, -0.2) is 19.2 Å². The SMILES string of the molecule is COc1ccc2c(c1)C[C@H](C=O)C2=O. The van der Waals surface area contributed by atoms with E-state index in [1.54, 1.807) is 19.2 Å². The zero-order chi connectivity index (χ0) is 10.1. The van der Waals surface area contributed by atoms with E-state index in [0.717, 1.165) is 17.6 Å². The average molecular weight is 190 g/mol. The lowest BCUT2D eigenvalue weighted by molar-refractivity contribution is -0.109. The molecule has 1 aromatic rings. The Morgan fingerprint density at radius 3 is 2.93 bits per heavy atom. The van der Waals surface area contributed by atoms with E-state index in [-0.39, 0.29) is 5.78 Å². The Bertz CT molecular complexity index is 396. The molecule has 0 fully saturated rings. The number of aldehydes is 1. The van der Waals surface area contributed by atoms with Crippen LogP contribution < -0.4 is 4.74 Å². The van der Waals surface area contributed by atoms with Gasteiger partial charge in [0.25, 0.3) is 0 Å². The summed E-state index contributed by atoms with van der Waals surface area (Å²) in [6, 6.07) is 5.28. The highest BCUT2D eigenvalue weighted by atomic mass is 16.5. The highest BCUT2D eigenvalue weighted by molar-refractivity contribution is 6.09. The standard InChI is InChI=1S/C11H10O3/c1-14-9-2-3-10-7(5-9)4-8(6-12)11(10)13/h2-3,5-6,8H,4H2,1H3/t8-/m1/s1. The molecule has 0 amide bonds. The Balaban J connectivity index is 2.43. The van der Waals surface area contributed by atoms with Crippen LogP contribution >= 0.6 is 0 Å². The fourth-order valence-corrected chi connectivity index (χ4v) is 1.75. The van der Waals surface area contributed by atoms with E-state index in [1.807, 2.05) is 6.07 Å². The van der Waals surface area contributed by atoms with Gasteiger partial charge in [-0.3, -0.25) is 4.79 Å². The second kappa shape index (κ2) is 3.25. The van der Waals surface area contributed by atoms with Crippen molar-refractivity contribution in [3.63, 3.8) is 0 Å². The normalized spacial score (nSPS) is 19.2. The van der Waals surface area contributed by atoms with Crippen molar-refractivity contribution in [1.29, 1.82) is 0 Å². The van der Waals surface area contributed by atoms with E-state index in [0.29, 0.717) is 12.0 Å². The van der Waals surface area contributed by atoms with Gasteiger partial charge in [-0.1, -0.05) is 0 Å². The number of ether oxygens (including phenoxy) is 1. The van der Waals surface area contributed by atoms with Gasteiger partial charge in [0.1, 0.15) is 12.0 Å². The zero-order valence-electron chi connectivity index (χ0n) is 7.82. The monoisotopic (exact) mass is 190 g/mol. The number of hydrogen-bond donors (Lipinski definition) is 0. The number of benzene rings is 1. The molecule has 3 heteroatoms. The van der Waals surface area contributed by atoms with Gasteiger partial charge in [-0.05, 0) is 30.2 Å². The van der Waals surface area contributed by atoms with Crippen molar-refractivity contribution in [2.75, 3.05) is 7.11 Å². The summed E-state index contributed by atoms with van der Waals surface area (Å²) in [5.74, 6) is 0.165. The Labute approximate surface area is 81.7 Å². The minimum Gasteiger partial charge on any atom is -0.497 e. The minimum atomic E-state index is -0.489. The largest absolute Gasteiger partial charge is 0.497 e. The van der Waals surface area contributed by atoms with Gasteiger partial charge >= 0.3 is 0 Å². The molecule has 0 heterocycles. The predicted octanol–water partition coefficient (Wildman–Crippen LogP) is 1.25. The third-order valence-electron chi connectivity index (χ3n) is 2.52. The molecule has 0 aliphatic heterocycles. The Kier molecular flexibility index (Phi) is 2.08. The Hall–Kier alpha value is -1.64. The summed E-state index contributed by atoms with van der Waals surface area (Å²) in [5.41, 5.74) is 1.56. The quantitative estimate of drug-likeness (QED) is 0.520. The summed E-state index contributed by atoms with van der Waals surface area (Å²) in [6.45, 7) is 0. The van der Waals surface area contributed by atoms with Crippen LogP contribution in [0.1, 0.15) is 15.9 Å². The fourth-order valence-electron chi connectivity index (χ4n) is 1.75. The van der Waals surface area contributed by atoms with E-state index in [2.05, 4.69) is 0 Å². The summed E-state index contributed by atoms with van der Waals surface area (Å²) in [7, 11) is 1.58. The van der Waals surface area contributed by atoms with Crippen LogP contribution in [0.25, 0.3) is 0 Å². The smallest absolute Gasteiger partial charge is 0.173 e. The van der Waals surface area contributed by atoms with Crippen LogP contribution in [-0.2, 0) is 11.2 Å². The van der Waals surface area contributed by atoms with Gasteiger partial charge in [0, 0.05) is 5.56 Å². The highest BCUT2D eigenvalue weighted by Gasteiger charge is 2.30. The predicted molar refractivity (Wildman–Crippen MR) is 50.6 cm³/mol. The van der Waals surface area contributed by atoms with Crippen molar-refractivity contribution in [2.24, 2.45) is 5.92 Å². The molecule has 2 rings (SSSR count). The number of Topliss-reactive ketones (excluding diaryl/α,β-unsaturated/α-hetero) is 1. The molecule has 0 aromatic heterocycles. The molecule has 1 aromatic carbocycles. The van der Waals surface area contributed by atoms with E-state index in [4.69, 9.17) is 4.74 Å². The summed E-state index contributed by atoms with van der Waals surface area (Å²) in [6.07, 6.45) is 1.23. The molecule has 1 aliphatic rings. The lowest BCUT2D eigenvalue weighted by Gasteiger charge is -2.01. The van der Waals surface area contributed by atoms with Gasteiger partial charge in [-0.15, -0.1) is 0 Å². The van der Waals surface area contributed by atoms with Crippen molar-refractivity contribution in [3.8, 4) is 5.75 Å². The van der Waals surface area contributed by atoms with Crippen molar-refractivity contribution in [1.82, 2.24) is 0 Å². The van der Waals surface area contributed by atoms with E-state index >= 15 is 0 Å². The highest BCUT2D eigenvalue weighted by Crippen LogP contribution is 2.28. The summed E-state index contributed by atoms with van der Waals surface area (Å²) >= 11 is 0. The third-order valence-corrected chi connectivity index (χ3v) is 2.52. The average Bonchev–Trinajstić information content (AvgIpc) is 2.55. The maximum Gasteiger partial charge on any atom is 0.173 e. The number of ketones is 1. The molecule has 0 saturated heterocycles. The number of hydrogen-bond acceptors (Lipinski definition) is 3. The molecule has 0 saturated carbocycles. The minimum absolute atomic E-state index is 0.0716. The van der Waals surface area contributed by atoms with E-state index in [9.17, 15) is 9.59 Å². The second-order valence-electron chi connectivity index (χ2n) is 3.33. The van der Waals surface area contributed by atoms with Crippen LogP contribution in [0.2, 0.25) is 0 Å². The molecular weight excluding hydrogens is 180 g/mol. The molecule has 3 nitrogen and oxygen atoms in total. The van der Waals surface area contributed by atoms with Gasteiger partial charge in [0.15, 0.2) is 5.78 Å². The van der Waals surface area contributed by atoms with Crippen molar-refractivity contribution >= 4 is 12.1 Å². The molecule has 14 heavy (non-hydrogen) atoms. The molecule has 72 valence electrons. The number of carbonyl (C=O) groups excluding carboxylic acids is 2. The van der Waals surface area contributed by atoms with Gasteiger partial charge in [0.05, 0.1) is 13.0 Å². The van der Waals surface area contributed by atoms with E-state index in [1.165, 1.54) is 0 Å². The third kappa shape index (κ3) is 1.21. The topological polar surface area (TPSA) is 43.4 Å². The summed E-state index contributed by atoms with van der Waals surface area (Å²) in [4.78, 5) is 22.1. The van der Waals surface area contributed by atoms with Crippen LogP contribution in [0.3, 0.4) is 0 Å². The lowest BCUT2D eigenvalue weighted by atomic mass is 10.1. The number of methoxy groups -OCH3 is 1. The molecule has 0 unspecified atom stereocenters. The van der Waals surface area contributed by atoms with Crippen molar-refractivity contribution < 1.29 is 14.3 Å². The molecule has 0 N–H and O–H groups in total. The first-order chi connectivity index (χ1) is 6.76. The van der Waals surface area contributed by atoms with Gasteiger partial charge < -0.3 is 9.53 Å². The molecule has 0 spiro atoms. The Morgan fingerprint density at radius 2 is 2.29 bits per heavy atom. The zero-order valence-corrected chi connectivity index (χ0v) is 7.82. The van der Waals surface area contributed by atoms with Gasteiger partial charge in [-0.25, -0.2) is 0 Å². The molecule has 0 bridgehead atoms. The van der Waals surface area contributed by atoms with Gasteiger partial charge in [-0.2, -0.15) is 0 Å². The van der Waals surface area contributed by atoms with Crippen LogP contribution in [0, 0.1) is 5.92 Å². The molecular formula is C11H10O3.